The van der Waals surface area contributed by atoms with Gasteiger partial charge in [-0.1, -0.05) is 0 Å². The van der Waals surface area contributed by atoms with E-state index < -0.39 is 23.1 Å². The first-order valence-corrected chi connectivity index (χ1v) is 8.43. The van der Waals surface area contributed by atoms with Crippen LogP contribution in [0.4, 0.5) is 0 Å². The van der Waals surface area contributed by atoms with Crippen LogP contribution >= 0.6 is 0 Å². The molecule has 0 amide bonds. The Morgan fingerprint density at radius 1 is 1.12 bits per heavy atom. The van der Waals surface area contributed by atoms with Crippen LogP contribution in [0.3, 0.4) is 0 Å². The van der Waals surface area contributed by atoms with E-state index in [2.05, 4.69) is 0 Å². The molecule has 0 aromatic heterocycles. The summed E-state index contributed by atoms with van der Waals surface area (Å²) in [6.45, 7) is 11.1. The monoisotopic (exact) mass is 307 g/mol. The Bertz CT molecular complexity index is 238. The van der Waals surface area contributed by atoms with Gasteiger partial charge in [-0.15, -0.1) is 0 Å². The van der Waals surface area contributed by atoms with Crippen LogP contribution in [0.25, 0.3) is 0 Å². The van der Waals surface area contributed by atoms with Gasteiger partial charge in [-0.2, -0.15) is 0 Å². The van der Waals surface area contributed by atoms with Gasteiger partial charge in [-0.3, -0.25) is 0 Å². The molecule has 0 aromatic rings. The van der Waals surface area contributed by atoms with Gasteiger partial charge in [0.05, 0.1) is 0 Å². The minimum absolute atomic E-state index is 0.0202. The van der Waals surface area contributed by atoms with Crippen LogP contribution in [0.15, 0.2) is 11.6 Å². The quantitative estimate of drug-likeness (QED) is 0.708. The van der Waals surface area contributed by atoms with E-state index in [0.717, 1.165) is 0 Å². The number of carbonyl (C=O) groups is 1. The van der Waals surface area contributed by atoms with E-state index in [1.807, 2.05) is 27.7 Å². The normalized spacial score (nSPS) is 12.1. The fraction of sp³-hybridized carbons (Fsp3) is 0.727. The molecule has 0 aliphatic carbocycles. The molecule has 0 saturated carbocycles. The standard InChI is InChI=1S/C5H8O2.2C3H7O.Zr/c1-3-4(2)5(6)7;2*1-3(2)4;/h3H,1-2H3,(H,6,7);2*3H,1-2H3;/q;2*-1;+3/p-1. The summed E-state index contributed by atoms with van der Waals surface area (Å²) in [6.07, 6.45) is 1.76. The van der Waals surface area contributed by atoms with Crippen molar-refractivity contribution in [2.45, 2.75) is 53.8 Å². The van der Waals surface area contributed by atoms with Crippen molar-refractivity contribution in [1.29, 1.82) is 0 Å². The third kappa shape index (κ3) is 7.31. The molecule has 0 saturated heterocycles. The number of rotatable bonds is 6. The van der Waals surface area contributed by atoms with E-state index in [-0.39, 0.29) is 18.2 Å². The molecule has 0 atom stereocenters. The average Bonchev–Trinajstić information content (AvgIpc) is 2.14. The second kappa shape index (κ2) is 8.16. The van der Waals surface area contributed by atoms with E-state index in [4.69, 9.17) is 8.44 Å². The van der Waals surface area contributed by atoms with E-state index in [9.17, 15) is 4.79 Å². The maximum absolute atomic E-state index is 11.5. The molecule has 0 spiro atoms. The Morgan fingerprint density at radius 2 is 1.56 bits per heavy atom. The molecule has 0 aromatic carbocycles. The Kier molecular flexibility index (Phi) is 8.16. The third-order valence-electron chi connectivity index (χ3n) is 1.59. The van der Waals surface area contributed by atoms with Gasteiger partial charge >= 0.3 is 108 Å². The summed E-state index contributed by atoms with van der Waals surface area (Å²) in [5.41, 5.74) is 0.581. The van der Waals surface area contributed by atoms with E-state index in [1.54, 1.807) is 19.9 Å². The van der Waals surface area contributed by atoms with Crippen LogP contribution in [-0.4, -0.2) is 18.2 Å². The summed E-state index contributed by atoms with van der Waals surface area (Å²) >= 11 is -2.96. The fourth-order valence-corrected chi connectivity index (χ4v) is 3.77. The first-order valence-electron chi connectivity index (χ1n) is 5.42. The molecule has 16 heavy (non-hydrogen) atoms. The Balaban J connectivity index is 4.36. The van der Waals surface area contributed by atoms with E-state index >= 15 is 0 Å². The van der Waals surface area contributed by atoms with Gasteiger partial charge in [0.1, 0.15) is 0 Å². The van der Waals surface area contributed by atoms with Crippen LogP contribution in [0.5, 0.6) is 0 Å². The molecular weight excluding hydrogens is 287 g/mol. The Morgan fingerprint density at radius 3 is 1.88 bits per heavy atom. The van der Waals surface area contributed by atoms with Crippen molar-refractivity contribution in [3.05, 3.63) is 11.6 Å². The molecule has 0 bridgehead atoms. The average molecular weight is 309 g/mol. The SMILES string of the molecule is CC=C(C)C(=O)[O][Zr]([O]C(C)C)[O]C(C)C. The van der Waals surface area contributed by atoms with Crippen LogP contribution in [-0.2, 0) is 36.3 Å². The fourth-order valence-electron chi connectivity index (χ4n) is 0.735. The topological polar surface area (TPSA) is 44.8 Å². The summed E-state index contributed by atoms with van der Waals surface area (Å²) in [4.78, 5) is 11.5. The zero-order valence-electron chi connectivity index (χ0n) is 10.9. The van der Waals surface area contributed by atoms with Gasteiger partial charge in [-0.25, -0.2) is 0 Å². The predicted octanol–water partition coefficient (Wildman–Crippen LogP) is 2.71. The van der Waals surface area contributed by atoms with E-state index in [0.29, 0.717) is 5.57 Å². The van der Waals surface area contributed by atoms with Crippen molar-refractivity contribution in [2.24, 2.45) is 0 Å². The molecule has 0 radical (unpaired) electrons. The van der Waals surface area contributed by atoms with Crippen molar-refractivity contribution in [2.75, 3.05) is 0 Å². The molecule has 0 aliphatic heterocycles. The summed E-state index contributed by atoms with van der Waals surface area (Å²) in [5, 5.41) is 0. The molecular formula is C11H21O4Zr. The predicted molar refractivity (Wildman–Crippen MR) is 58.0 cm³/mol. The Labute approximate surface area is 107 Å². The maximum atomic E-state index is 11.5. The molecule has 0 heterocycles. The number of carbonyl (C=O) groups excluding carboxylic acids is 1. The van der Waals surface area contributed by atoms with Crippen LogP contribution in [0.1, 0.15) is 41.5 Å². The van der Waals surface area contributed by atoms with Crippen LogP contribution in [0, 0.1) is 0 Å². The van der Waals surface area contributed by atoms with Gasteiger partial charge in [0, 0.05) is 0 Å². The minimum atomic E-state index is -2.96. The van der Waals surface area contributed by atoms with Gasteiger partial charge in [0.25, 0.3) is 0 Å². The van der Waals surface area contributed by atoms with Gasteiger partial charge in [0.15, 0.2) is 0 Å². The van der Waals surface area contributed by atoms with Crippen molar-refractivity contribution < 1.29 is 36.3 Å². The first kappa shape index (κ1) is 16.0. The number of allylic oxidation sites excluding steroid dienone is 1. The van der Waals surface area contributed by atoms with Gasteiger partial charge < -0.3 is 0 Å². The third-order valence-corrected chi connectivity index (χ3v) is 5.72. The van der Waals surface area contributed by atoms with Crippen molar-refractivity contribution >= 4 is 5.97 Å². The number of hydrogen-bond acceptors (Lipinski definition) is 4. The van der Waals surface area contributed by atoms with Gasteiger partial charge in [-0.05, 0) is 0 Å². The van der Waals surface area contributed by atoms with Crippen LogP contribution in [0.2, 0.25) is 0 Å². The summed E-state index contributed by atoms with van der Waals surface area (Å²) in [5.74, 6) is -0.335. The summed E-state index contributed by atoms with van der Waals surface area (Å²) < 4.78 is 16.3. The van der Waals surface area contributed by atoms with Crippen LogP contribution < -0.4 is 0 Å². The first-order chi connectivity index (χ1) is 7.36. The Hall–Kier alpha value is 0.0131. The molecule has 0 unspecified atom stereocenters. The molecule has 4 nitrogen and oxygen atoms in total. The second-order valence-corrected chi connectivity index (χ2v) is 6.83. The van der Waals surface area contributed by atoms with Gasteiger partial charge in [0.2, 0.25) is 0 Å². The molecule has 0 fully saturated rings. The molecule has 0 aliphatic rings. The van der Waals surface area contributed by atoms with Crippen molar-refractivity contribution in [1.82, 2.24) is 0 Å². The number of hydrogen-bond donors (Lipinski definition) is 0. The summed E-state index contributed by atoms with van der Waals surface area (Å²) in [6, 6.07) is 0. The summed E-state index contributed by atoms with van der Waals surface area (Å²) in [7, 11) is 0. The zero-order valence-corrected chi connectivity index (χ0v) is 13.3. The zero-order chi connectivity index (χ0) is 12.7. The second-order valence-electron chi connectivity index (χ2n) is 3.94. The molecule has 0 rings (SSSR count). The van der Waals surface area contributed by atoms with Crippen molar-refractivity contribution in [3.63, 3.8) is 0 Å². The van der Waals surface area contributed by atoms with Crippen molar-refractivity contribution in [3.8, 4) is 0 Å². The molecule has 0 N–H and O–H groups in total. The molecule has 5 heteroatoms. The van der Waals surface area contributed by atoms with E-state index in [1.165, 1.54) is 0 Å². The molecule has 93 valence electrons.